The highest BCUT2D eigenvalue weighted by molar-refractivity contribution is 6.07. The Hall–Kier alpha value is -4.55. The number of hydrogen-bond donors (Lipinski definition) is 3. The number of anilines is 2. The Labute approximate surface area is 208 Å². The number of amides is 2. The molecule has 1 aromatic carbocycles. The quantitative estimate of drug-likeness (QED) is 0.345. The summed E-state index contributed by atoms with van der Waals surface area (Å²) in [6.45, 7) is 0.118. The molecule has 192 valence electrons. The van der Waals surface area contributed by atoms with Crippen molar-refractivity contribution in [3.05, 3.63) is 84.2 Å². The fraction of sp³-hybridized carbons (Fsp3) is 0.250. The van der Waals surface area contributed by atoms with E-state index in [0.29, 0.717) is 11.3 Å². The molecule has 4 aromatic rings. The third kappa shape index (κ3) is 5.34. The van der Waals surface area contributed by atoms with Crippen LogP contribution in [0.4, 0.5) is 24.7 Å². The summed E-state index contributed by atoms with van der Waals surface area (Å²) in [6.07, 6.45) is 0.574. The lowest BCUT2D eigenvalue weighted by atomic mass is 9.96. The normalized spacial score (nSPS) is 17.1. The number of halogens is 3. The minimum atomic E-state index is -4.55. The van der Waals surface area contributed by atoms with Crippen LogP contribution in [0, 0.1) is 0 Å². The van der Waals surface area contributed by atoms with Gasteiger partial charge in [0.15, 0.2) is 6.04 Å². The second-order valence-corrected chi connectivity index (χ2v) is 8.49. The Bertz CT molecular complexity index is 1380. The number of aromatic nitrogens is 4. The number of carbonyl (C=O) groups is 2. The van der Waals surface area contributed by atoms with E-state index in [9.17, 15) is 22.8 Å². The second-order valence-electron chi connectivity index (χ2n) is 8.49. The van der Waals surface area contributed by atoms with Crippen LogP contribution in [0.2, 0.25) is 0 Å². The molecule has 2 atom stereocenters. The predicted octanol–water partition coefficient (Wildman–Crippen LogP) is 3.90. The summed E-state index contributed by atoms with van der Waals surface area (Å²) in [6, 6.07) is 9.62. The van der Waals surface area contributed by atoms with Gasteiger partial charge >= 0.3 is 6.18 Å². The molecular weight excluding hydrogens is 491 g/mol. The molecule has 5 rings (SSSR count). The van der Waals surface area contributed by atoms with Gasteiger partial charge in [-0.05, 0) is 17.7 Å². The summed E-state index contributed by atoms with van der Waals surface area (Å²) in [5.74, 6) is -0.408. The highest BCUT2D eigenvalue weighted by Crippen LogP contribution is 2.44. The van der Waals surface area contributed by atoms with Crippen molar-refractivity contribution in [2.24, 2.45) is 0 Å². The summed E-state index contributed by atoms with van der Waals surface area (Å²) in [5.41, 5.74) is 0.896. The lowest BCUT2D eigenvalue weighted by molar-refractivity contribution is -0.173. The van der Waals surface area contributed by atoms with Crippen LogP contribution in [0.5, 0.6) is 0 Å². The maximum absolute atomic E-state index is 13.9. The first kappa shape index (κ1) is 24.2. The molecule has 1 aliphatic rings. The first-order valence-electron chi connectivity index (χ1n) is 11.4. The van der Waals surface area contributed by atoms with E-state index in [1.165, 1.54) is 23.3 Å². The molecule has 1 aliphatic heterocycles. The number of fused-ring (bicyclic) bond motifs is 1. The van der Waals surface area contributed by atoms with Gasteiger partial charge in [0, 0.05) is 12.6 Å². The third-order valence-corrected chi connectivity index (χ3v) is 5.92. The first-order chi connectivity index (χ1) is 17.8. The van der Waals surface area contributed by atoms with Crippen molar-refractivity contribution in [1.82, 2.24) is 24.9 Å². The molecule has 0 aliphatic carbocycles. The van der Waals surface area contributed by atoms with Crippen LogP contribution in [-0.4, -0.2) is 37.6 Å². The molecule has 37 heavy (non-hydrogen) atoms. The highest BCUT2D eigenvalue weighted by Gasteiger charge is 2.47. The SMILES string of the molecule is O=C(Cn1cc(NC(=O)c2cnn3c2N[C@@H](c2ccccc2)C[C@@H]3C(F)(F)F)cn1)NCc1ccco1. The van der Waals surface area contributed by atoms with Gasteiger partial charge in [0.05, 0.1) is 36.9 Å². The summed E-state index contributed by atoms with van der Waals surface area (Å²) in [4.78, 5) is 25.1. The maximum Gasteiger partial charge on any atom is 0.410 e. The first-order valence-corrected chi connectivity index (χ1v) is 11.4. The zero-order valence-electron chi connectivity index (χ0n) is 19.3. The number of benzene rings is 1. The number of alkyl halides is 3. The van der Waals surface area contributed by atoms with Crippen LogP contribution in [0.25, 0.3) is 0 Å². The van der Waals surface area contributed by atoms with Gasteiger partial charge < -0.3 is 20.4 Å². The molecule has 0 spiro atoms. The fourth-order valence-corrected chi connectivity index (χ4v) is 4.15. The lowest BCUT2D eigenvalue weighted by Gasteiger charge is -2.34. The summed E-state index contributed by atoms with van der Waals surface area (Å²) >= 11 is 0. The Morgan fingerprint density at radius 1 is 1.11 bits per heavy atom. The molecule has 0 saturated heterocycles. The van der Waals surface area contributed by atoms with Crippen molar-refractivity contribution in [2.75, 3.05) is 10.6 Å². The van der Waals surface area contributed by atoms with Crippen LogP contribution in [0.3, 0.4) is 0 Å². The van der Waals surface area contributed by atoms with Crippen molar-refractivity contribution < 1.29 is 27.2 Å². The van der Waals surface area contributed by atoms with Crippen molar-refractivity contribution in [2.45, 2.75) is 37.8 Å². The minimum Gasteiger partial charge on any atom is -0.467 e. The van der Waals surface area contributed by atoms with Crippen LogP contribution in [0.1, 0.15) is 40.2 Å². The predicted molar refractivity (Wildman–Crippen MR) is 125 cm³/mol. The maximum atomic E-state index is 13.9. The Kier molecular flexibility index (Phi) is 6.42. The summed E-state index contributed by atoms with van der Waals surface area (Å²) in [5, 5.41) is 16.3. The smallest absolute Gasteiger partial charge is 0.410 e. The van der Waals surface area contributed by atoms with Gasteiger partial charge in [0.1, 0.15) is 23.7 Å². The van der Waals surface area contributed by atoms with Crippen LogP contribution >= 0.6 is 0 Å². The average Bonchev–Trinajstić information content (AvgIpc) is 3.63. The standard InChI is InChI=1S/C24H22F3N7O3/c25-24(26,27)20-9-19(15-5-2-1-3-6-15)32-22-18(12-30-34(20)22)23(36)31-16-10-29-33(13-16)14-21(35)28-11-17-7-4-8-37-17/h1-8,10,12-13,19-20,32H,9,11,14H2,(H,28,35)(H,31,36)/t19-,20-/m1/s1. The molecule has 13 heteroatoms. The highest BCUT2D eigenvalue weighted by atomic mass is 19.4. The molecule has 0 saturated carbocycles. The van der Waals surface area contributed by atoms with Crippen molar-refractivity contribution in [3.8, 4) is 0 Å². The van der Waals surface area contributed by atoms with Crippen molar-refractivity contribution in [3.63, 3.8) is 0 Å². The van der Waals surface area contributed by atoms with Gasteiger partial charge in [-0.25, -0.2) is 4.68 Å². The van der Waals surface area contributed by atoms with Crippen LogP contribution in [-0.2, 0) is 17.9 Å². The van der Waals surface area contributed by atoms with E-state index in [1.807, 2.05) is 0 Å². The van der Waals surface area contributed by atoms with Crippen molar-refractivity contribution in [1.29, 1.82) is 0 Å². The molecule has 3 N–H and O–H groups in total. The molecular formula is C24H22F3N7O3. The minimum absolute atomic E-state index is 0.0235. The number of furan rings is 1. The van der Waals surface area contributed by atoms with E-state index in [4.69, 9.17) is 4.42 Å². The number of rotatable bonds is 7. The molecule has 0 fully saturated rings. The van der Waals surface area contributed by atoms with Gasteiger partial charge in [0.25, 0.3) is 5.91 Å². The van der Waals surface area contributed by atoms with E-state index >= 15 is 0 Å². The zero-order chi connectivity index (χ0) is 26.0. The molecule has 0 unspecified atom stereocenters. The largest absolute Gasteiger partial charge is 0.467 e. The Morgan fingerprint density at radius 3 is 2.65 bits per heavy atom. The Balaban J connectivity index is 1.29. The average molecular weight is 513 g/mol. The molecule has 4 heterocycles. The number of nitrogens with one attached hydrogen (secondary N) is 3. The van der Waals surface area contributed by atoms with Crippen molar-refractivity contribution >= 4 is 23.3 Å². The zero-order valence-corrected chi connectivity index (χ0v) is 19.3. The molecule has 3 aromatic heterocycles. The molecule has 10 nitrogen and oxygen atoms in total. The number of carbonyl (C=O) groups excluding carboxylic acids is 2. The molecule has 2 amide bonds. The van der Waals surface area contributed by atoms with Crippen LogP contribution in [0.15, 0.2) is 71.7 Å². The van der Waals surface area contributed by atoms with Gasteiger partial charge in [-0.1, -0.05) is 30.3 Å². The summed E-state index contributed by atoms with van der Waals surface area (Å²) in [7, 11) is 0. The molecule has 0 radical (unpaired) electrons. The van der Waals surface area contributed by atoms with Gasteiger partial charge in [-0.2, -0.15) is 23.4 Å². The van der Waals surface area contributed by atoms with Crippen LogP contribution < -0.4 is 16.0 Å². The lowest BCUT2D eigenvalue weighted by Crippen LogP contribution is -2.36. The van der Waals surface area contributed by atoms with E-state index in [0.717, 1.165) is 10.9 Å². The second kappa shape index (κ2) is 9.84. The monoisotopic (exact) mass is 513 g/mol. The number of hydrogen-bond acceptors (Lipinski definition) is 6. The number of nitrogens with zero attached hydrogens (tertiary/aromatic N) is 4. The molecule has 0 bridgehead atoms. The topological polar surface area (TPSA) is 119 Å². The van der Waals surface area contributed by atoms with Gasteiger partial charge in [0.2, 0.25) is 5.91 Å². The van der Waals surface area contributed by atoms with E-state index in [-0.39, 0.29) is 42.5 Å². The van der Waals surface area contributed by atoms with Gasteiger partial charge in [-0.3, -0.25) is 14.3 Å². The van der Waals surface area contributed by atoms with E-state index < -0.39 is 24.2 Å². The van der Waals surface area contributed by atoms with Gasteiger partial charge in [-0.15, -0.1) is 0 Å². The summed E-state index contributed by atoms with van der Waals surface area (Å²) < 4.78 is 48.9. The fourth-order valence-electron chi connectivity index (χ4n) is 4.15. The Morgan fingerprint density at radius 2 is 1.92 bits per heavy atom. The third-order valence-electron chi connectivity index (χ3n) is 5.92. The van der Waals surface area contributed by atoms with E-state index in [2.05, 4.69) is 26.1 Å². The van der Waals surface area contributed by atoms with E-state index in [1.54, 1.807) is 42.5 Å².